The minimum Gasteiger partial charge on any atom is -0.441 e. The van der Waals surface area contributed by atoms with Gasteiger partial charge in [0.25, 0.3) is 5.91 Å². The Morgan fingerprint density at radius 1 is 1.04 bits per heavy atom. The summed E-state index contributed by atoms with van der Waals surface area (Å²) in [5.74, 6) is 5.00. The lowest BCUT2D eigenvalue weighted by molar-refractivity contribution is -0.118. The highest BCUT2D eigenvalue weighted by molar-refractivity contribution is 6.31. The van der Waals surface area contributed by atoms with E-state index in [1.54, 1.807) is 6.07 Å². The smallest absolute Gasteiger partial charge is 0.267 e. The van der Waals surface area contributed by atoms with E-state index in [1.165, 1.54) is 0 Å². The number of nitrogens with one attached hydrogen (secondary N) is 1. The van der Waals surface area contributed by atoms with Gasteiger partial charge in [0.1, 0.15) is 5.75 Å². The molecule has 1 heterocycles. The molecule has 26 heavy (non-hydrogen) atoms. The Bertz CT molecular complexity index is 1060. The molecular formula is C20H16ClN3O2. The Morgan fingerprint density at radius 3 is 2.54 bits per heavy atom. The van der Waals surface area contributed by atoms with Gasteiger partial charge >= 0.3 is 0 Å². The molecule has 1 unspecified atom stereocenters. The average molecular weight is 366 g/mol. The maximum absolute atomic E-state index is 12.5. The number of carbonyl (C=O) groups is 1. The lowest BCUT2D eigenvalue weighted by atomic mass is 9.80. The third kappa shape index (κ3) is 2.49. The summed E-state index contributed by atoms with van der Waals surface area (Å²) in [5, 5.41) is 2.53. The van der Waals surface area contributed by atoms with Crippen LogP contribution in [-0.2, 0) is 4.79 Å². The van der Waals surface area contributed by atoms with E-state index in [2.05, 4.69) is 5.43 Å². The summed E-state index contributed by atoms with van der Waals surface area (Å²) >= 11 is 6.47. The number of rotatable bonds is 2. The highest BCUT2D eigenvalue weighted by Gasteiger charge is 2.36. The maximum atomic E-state index is 12.5. The highest BCUT2D eigenvalue weighted by Crippen LogP contribution is 2.47. The second-order valence-corrected chi connectivity index (χ2v) is 6.41. The summed E-state index contributed by atoms with van der Waals surface area (Å²) in [6, 6.07) is 19.1. The molecule has 5 nitrogen and oxygen atoms in total. The van der Waals surface area contributed by atoms with E-state index in [1.807, 2.05) is 54.6 Å². The van der Waals surface area contributed by atoms with Crippen molar-refractivity contribution in [2.75, 3.05) is 0 Å². The van der Waals surface area contributed by atoms with Crippen molar-refractivity contribution in [1.29, 1.82) is 0 Å². The summed E-state index contributed by atoms with van der Waals surface area (Å²) in [6.45, 7) is 0. The van der Waals surface area contributed by atoms with E-state index in [0.29, 0.717) is 10.8 Å². The van der Waals surface area contributed by atoms with Crippen molar-refractivity contribution in [3.63, 3.8) is 0 Å². The fourth-order valence-electron chi connectivity index (χ4n) is 3.46. The molecule has 6 heteroatoms. The monoisotopic (exact) mass is 365 g/mol. The second kappa shape index (κ2) is 6.37. The van der Waals surface area contributed by atoms with E-state index < -0.39 is 11.8 Å². The van der Waals surface area contributed by atoms with Crippen LogP contribution in [0.2, 0.25) is 5.02 Å². The van der Waals surface area contributed by atoms with Crippen LogP contribution in [0.1, 0.15) is 17.0 Å². The molecule has 1 aliphatic rings. The Hall–Kier alpha value is -3.02. The van der Waals surface area contributed by atoms with Crippen molar-refractivity contribution in [2.45, 2.75) is 5.92 Å². The molecule has 3 aromatic rings. The van der Waals surface area contributed by atoms with Gasteiger partial charge in [-0.25, -0.2) is 5.84 Å². The third-order valence-corrected chi connectivity index (χ3v) is 4.93. The minimum absolute atomic E-state index is 0.0145. The maximum Gasteiger partial charge on any atom is 0.267 e. The zero-order chi connectivity index (χ0) is 18.3. The fourth-order valence-corrected chi connectivity index (χ4v) is 3.71. The number of nitrogens with two attached hydrogens (primary N) is 2. The molecule has 1 atom stereocenters. The van der Waals surface area contributed by atoms with Crippen LogP contribution in [0.5, 0.6) is 5.75 Å². The standard InChI is InChI=1S/C20H16ClN3O2/c21-14-8-4-3-7-13(14)17-16-12-6-2-1-5-11(12)9-10-15(16)26-19(22)18(17)20(25)24-23/h1-10,17H,22-23H2,(H,24,25). The SMILES string of the molecule is NNC(=O)C1=C(N)Oc2ccc3ccccc3c2C1c1ccccc1Cl. The number of hydrogen-bond donors (Lipinski definition) is 3. The van der Waals surface area contributed by atoms with Crippen LogP contribution < -0.4 is 21.7 Å². The van der Waals surface area contributed by atoms with Crippen LogP contribution in [0.15, 0.2) is 72.1 Å². The molecule has 0 aliphatic carbocycles. The third-order valence-electron chi connectivity index (χ3n) is 4.59. The fraction of sp³-hybridized carbons (Fsp3) is 0.0500. The lowest BCUT2D eigenvalue weighted by Crippen LogP contribution is -2.37. The normalized spacial score (nSPS) is 16.2. The molecule has 0 aromatic heterocycles. The van der Waals surface area contributed by atoms with Gasteiger partial charge in [0.05, 0.1) is 11.5 Å². The number of halogens is 1. The average Bonchev–Trinajstić information content (AvgIpc) is 2.66. The molecular weight excluding hydrogens is 350 g/mol. The van der Waals surface area contributed by atoms with Crippen LogP contribution >= 0.6 is 11.6 Å². The van der Waals surface area contributed by atoms with Gasteiger partial charge in [0.2, 0.25) is 5.88 Å². The van der Waals surface area contributed by atoms with Gasteiger partial charge in [-0.15, -0.1) is 0 Å². The highest BCUT2D eigenvalue weighted by atomic mass is 35.5. The van der Waals surface area contributed by atoms with Crippen LogP contribution in [-0.4, -0.2) is 5.91 Å². The van der Waals surface area contributed by atoms with Crippen molar-refractivity contribution in [1.82, 2.24) is 5.43 Å². The van der Waals surface area contributed by atoms with Crippen LogP contribution in [0.4, 0.5) is 0 Å². The van der Waals surface area contributed by atoms with Gasteiger partial charge in [0, 0.05) is 10.6 Å². The lowest BCUT2D eigenvalue weighted by Gasteiger charge is -2.30. The first-order chi connectivity index (χ1) is 12.6. The van der Waals surface area contributed by atoms with Gasteiger partial charge in [0.15, 0.2) is 0 Å². The van der Waals surface area contributed by atoms with Crippen molar-refractivity contribution in [2.24, 2.45) is 11.6 Å². The van der Waals surface area contributed by atoms with Gasteiger partial charge in [-0.3, -0.25) is 10.2 Å². The topological polar surface area (TPSA) is 90.4 Å². The molecule has 0 saturated heterocycles. The van der Waals surface area contributed by atoms with E-state index in [4.69, 9.17) is 27.9 Å². The number of carbonyl (C=O) groups excluding carboxylic acids is 1. The van der Waals surface area contributed by atoms with Gasteiger partial charge in [-0.2, -0.15) is 0 Å². The predicted octanol–water partition coefficient (Wildman–Crippen LogP) is 3.18. The number of amides is 1. The molecule has 0 saturated carbocycles. The molecule has 130 valence electrons. The van der Waals surface area contributed by atoms with Crippen LogP contribution in [0.25, 0.3) is 10.8 Å². The van der Waals surface area contributed by atoms with Crippen LogP contribution in [0, 0.1) is 0 Å². The molecule has 4 rings (SSSR count). The first-order valence-corrected chi connectivity index (χ1v) is 8.44. The van der Waals surface area contributed by atoms with E-state index in [9.17, 15) is 4.79 Å². The number of hydrogen-bond acceptors (Lipinski definition) is 4. The van der Waals surface area contributed by atoms with E-state index >= 15 is 0 Å². The Morgan fingerprint density at radius 2 is 1.77 bits per heavy atom. The summed E-state index contributed by atoms with van der Waals surface area (Å²) in [7, 11) is 0. The molecule has 3 aromatic carbocycles. The Kier molecular flexibility index (Phi) is 4.03. The predicted molar refractivity (Wildman–Crippen MR) is 101 cm³/mol. The molecule has 5 N–H and O–H groups in total. The van der Waals surface area contributed by atoms with Gasteiger partial charge < -0.3 is 10.5 Å². The van der Waals surface area contributed by atoms with E-state index in [-0.39, 0.29) is 11.5 Å². The molecule has 1 amide bonds. The number of ether oxygens (including phenoxy) is 1. The first kappa shape index (κ1) is 16.4. The summed E-state index contributed by atoms with van der Waals surface area (Å²) in [6.07, 6.45) is 0. The summed E-state index contributed by atoms with van der Waals surface area (Å²) < 4.78 is 5.77. The Labute approximate surface area is 155 Å². The summed E-state index contributed by atoms with van der Waals surface area (Å²) in [5.41, 5.74) is 10.1. The molecule has 0 bridgehead atoms. The zero-order valence-corrected chi connectivity index (χ0v) is 14.5. The second-order valence-electron chi connectivity index (χ2n) is 6.01. The van der Waals surface area contributed by atoms with E-state index in [0.717, 1.165) is 21.9 Å². The zero-order valence-electron chi connectivity index (χ0n) is 13.7. The van der Waals surface area contributed by atoms with Crippen molar-refractivity contribution in [3.8, 4) is 5.75 Å². The number of fused-ring (bicyclic) bond motifs is 3. The van der Waals surface area contributed by atoms with Crippen molar-refractivity contribution in [3.05, 3.63) is 88.3 Å². The van der Waals surface area contributed by atoms with Crippen LogP contribution in [0.3, 0.4) is 0 Å². The van der Waals surface area contributed by atoms with Crippen molar-refractivity contribution < 1.29 is 9.53 Å². The summed E-state index contributed by atoms with van der Waals surface area (Å²) in [4.78, 5) is 12.5. The quantitative estimate of drug-likeness (QED) is 0.369. The molecule has 0 radical (unpaired) electrons. The molecule has 0 spiro atoms. The largest absolute Gasteiger partial charge is 0.441 e. The van der Waals surface area contributed by atoms with Gasteiger partial charge in [-0.05, 0) is 28.5 Å². The van der Waals surface area contributed by atoms with Crippen molar-refractivity contribution >= 4 is 28.3 Å². The molecule has 1 aliphatic heterocycles. The Balaban J connectivity index is 2.08. The van der Waals surface area contributed by atoms with Gasteiger partial charge in [-0.1, -0.05) is 60.1 Å². The first-order valence-electron chi connectivity index (χ1n) is 8.06. The minimum atomic E-state index is -0.508. The number of hydrazine groups is 1. The molecule has 0 fully saturated rings. The number of benzene rings is 3.